The molecule has 0 aromatic carbocycles. The molecular formula is C23H51BrN2. The van der Waals surface area contributed by atoms with Gasteiger partial charge in [0.25, 0.3) is 0 Å². The summed E-state index contributed by atoms with van der Waals surface area (Å²) in [6.45, 7) is 5.68. The first-order valence-electron chi connectivity index (χ1n) is 11.6. The van der Waals surface area contributed by atoms with Gasteiger partial charge in [0.2, 0.25) is 0 Å². The van der Waals surface area contributed by atoms with E-state index in [1.165, 1.54) is 116 Å². The molecule has 0 fully saturated rings. The summed E-state index contributed by atoms with van der Waals surface area (Å²) in [5, 5.41) is 0. The van der Waals surface area contributed by atoms with Gasteiger partial charge in [-0.1, -0.05) is 96.8 Å². The third-order valence-corrected chi connectivity index (χ3v) is 5.58. The third kappa shape index (κ3) is 22.4. The van der Waals surface area contributed by atoms with Crippen LogP contribution in [0.3, 0.4) is 0 Å². The van der Waals surface area contributed by atoms with Crippen LogP contribution < -0.4 is 22.7 Å². The Balaban J connectivity index is 0. The lowest BCUT2D eigenvalue weighted by Gasteiger charge is -2.29. The van der Waals surface area contributed by atoms with Crippen molar-refractivity contribution in [2.75, 3.05) is 33.7 Å². The first-order chi connectivity index (χ1) is 12.1. The zero-order valence-corrected chi connectivity index (χ0v) is 20.1. The first-order valence-corrected chi connectivity index (χ1v) is 11.6. The van der Waals surface area contributed by atoms with Gasteiger partial charge in [0.1, 0.15) is 0 Å². The van der Waals surface area contributed by atoms with Crippen LogP contribution in [0.25, 0.3) is 0 Å². The van der Waals surface area contributed by atoms with Crippen LogP contribution in [-0.4, -0.2) is 38.2 Å². The number of unbranched alkanes of at least 4 members (excludes halogenated alkanes) is 15. The quantitative estimate of drug-likeness (QED) is 0.229. The Morgan fingerprint density at radius 2 is 0.808 bits per heavy atom. The zero-order valence-electron chi connectivity index (χ0n) is 18.5. The van der Waals surface area contributed by atoms with Crippen LogP contribution in [0.15, 0.2) is 0 Å². The van der Waals surface area contributed by atoms with Crippen molar-refractivity contribution in [2.24, 2.45) is 5.73 Å². The summed E-state index contributed by atoms with van der Waals surface area (Å²) in [5.41, 5.74) is 5.62. The Bertz CT molecular complexity index is 257. The monoisotopic (exact) mass is 434 g/mol. The average Bonchev–Trinajstić information content (AvgIpc) is 2.59. The Morgan fingerprint density at radius 3 is 1.15 bits per heavy atom. The summed E-state index contributed by atoms with van der Waals surface area (Å²) in [4.78, 5) is 0. The van der Waals surface area contributed by atoms with Gasteiger partial charge in [0.15, 0.2) is 0 Å². The van der Waals surface area contributed by atoms with Crippen molar-refractivity contribution >= 4 is 0 Å². The van der Waals surface area contributed by atoms with Gasteiger partial charge in [-0.2, -0.15) is 0 Å². The lowest BCUT2D eigenvalue weighted by molar-refractivity contribution is -0.890. The van der Waals surface area contributed by atoms with Crippen molar-refractivity contribution in [1.29, 1.82) is 0 Å². The summed E-state index contributed by atoms with van der Waals surface area (Å²) < 4.78 is 1.15. The normalized spacial score (nSPS) is 11.5. The van der Waals surface area contributed by atoms with Gasteiger partial charge < -0.3 is 27.2 Å². The van der Waals surface area contributed by atoms with Crippen LogP contribution in [0, 0.1) is 0 Å². The van der Waals surface area contributed by atoms with Gasteiger partial charge in [0, 0.05) is 6.42 Å². The Labute approximate surface area is 177 Å². The average molecular weight is 436 g/mol. The van der Waals surface area contributed by atoms with Gasteiger partial charge in [-0.15, -0.1) is 0 Å². The summed E-state index contributed by atoms with van der Waals surface area (Å²) >= 11 is 0. The van der Waals surface area contributed by atoms with E-state index >= 15 is 0 Å². The molecule has 3 heteroatoms. The molecule has 0 rings (SSSR count). The van der Waals surface area contributed by atoms with Gasteiger partial charge in [-0.3, -0.25) is 0 Å². The fraction of sp³-hybridized carbons (Fsp3) is 1.00. The number of halogens is 1. The second kappa shape index (κ2) is 21.7. The van der Waals surface area contributed by atoms with Crippen LogP contribution in [0.1, 0.15) is 116 Å². The molecule has 160 valence electrons. The molecule has 0 saturated carbocycles. The van der Waals surface area contributed by atoms with E-state index in [-0.39, 0.29) is 17.0 Å². The largest absolute Gasteiger partial charge is 1.00 e. The van der Waals surface area contributed by atoms with Crippen LogP contribution in [0.2, 0.25) is 0 Å². The van der Waals surface area contributed by atoms with Crippen molar-refractivity contribution in [3.63, 3.8) is 0 Å². The minimum atomic E-state index is 0. The lowest BCUT2D eigenvalue weighted by Crippen LogP contribution is -3.00. The van der Waals surface area contributed by atoms with E-state index in [0.717, 1.165) is 17.4 Å². The van der Waals surface area contributed by atoms with E-state index in [1.54, 1.807) is 0 Å². The molecule has 2 nitrogen and oxygen atoms in total. The lowest BCUT2D eigenvalue weighted by atomic mass is 10.0. The molecule has 0 amide bonds. The minimum Gasteiger partial charge on any atom is -1.00 e. The maximum absolute atomic E-state index is 5.62. The highest BCUT2D eigenvalue weighted by Crippen LogP contribution is 2.14. The molecule has 0 aliphatic rings. The highest BCUT2D eigenvalue weighted by molar-refractivity contribution is 4.50. The van der Waals surface area contributed by atoms with Crippen LogP contribution in [-0.2, 0) is 0 Å². The Kier molecular flexibility index (Phi) is 23.9. The summed E-state index contributed by atoms with van der Waals surface area (Å²) in [6, 6.07) is 0. The van der Waals surface area contributed by atoms with E-state index in [1.807, 2.05) is 0 Å². The molecule has 0 aliphatic heterocycles. The van der Waals surface area contributed by atoms with Crippen molar-refractivity contribution in [3.05, 3.63) is 0 Å². The highest BCUT2D eigenvalue weighted by Gasteiger charge is 2.12. The highest BCUT2D eigenvalue weighted by atomic mass is 79.9. The number of nitrogens with zero attached hydrogens (tertiary/aromatic N) is 1. The summed E-state index contributed by atoms with van der Waals surface area (Å²) in [5.74, 6) is 0. The number of nitrogens with two attached hydrogens (primary N) is 1. The maximum atomic E-state index is 5.62. The molecule has 2 N–H and O–H groups in total. The first kappa shape index (κ1) is 28.6. The predicted molar refractivity (Wildman–Crippen MR) is 115 cm³/mol. The molecule has 0 radical (unpaired) electrons. The van der Waals surface area contributed by atoms with E-state index in [4.69, 9.17) is 5.73 Å². The molecule has 0 unspecified atom stereocenters. The van der Waals surface area contributed by atoms with Crippen LogP contribution >= 0.6 is 0 Å². The number of hydrogen-bond acceptors (Lipinski definition) is 1. The summed E-state index contributed by atoms with van der Waals surface area (Å²) in [7, 11) is 4.70. The Hall–Kier alpha value is 0.400. The zero-order chi connectivity index (χ0) is 18.6. The molecule has 0 saturated heterocycles. The summed E-state index contributed by atoms with van der Waals surface area (Å²) in [6.07, 6.45) is 24.4. The van der Waals surface area contributed by atoms with E-state index in [9.17, 15) is 0 Å². The second-order valence-electron chi connectivity index (χ2n) is 8.83. The van der Waals surface area contributed by atoms with Crippen molar-refractivity contribution in [1.82, 2.24) is 0 Å². The van der Waals surface area contributed by atoms with Crippen molar-refractivity contribution in [2.45, 2.75) is 116 Å². The molecule has 0 aliphatic carbocycles. The van der Waals surface area contributed by atoms with Gasteiger partial charge in [-0.05, 0) is 19.4 Å². The second-order valence-corrected chi connectivity index (χ2v) is 8.83. The Morgan fingerprint density at radius 1 is 0.500 bits per heavy atom. The minimum absolute atomic E-state index is 0. The van der Waals surface area contributed by atoms with Gasteiger partial charge in [-0.25, -0.2) is 0 Å². The molecular weight excluding hydrogens is 384 g/mol. The molecule has 0 aromatic rings. The van der Waals surface area contributed by atoms with E-state index in [0.29, 0.717) is 0 Å². The number of hydrogen-bond donors (Lipinski definition) is 1. The maximum Gasteiger partial charge on any atom is 0.0794 e. The third-order valence-electron chi connectivity index (χ3n) is 5.58. The number of quaternary nitrogens is 1. The molecule has 0 aromatic heterocycles. The molecule has 26 heavy (non-hydrogen) atoms. The van der Waals surface area contributed by atoms with Crippen LogP contribution in [0.4, 0.5) is 0 Å². The van der Waals surface area contributed by atoms with Gasteiger partial charge >= 0.3 is 0 Å². The van der Waals surface area contributed by atoms with Gasteiger partial charge in [0.05, 0.1) is 27.2 Å². The fourth-order valence-corrected chi connectivity index (χ4v) is 3.72. The van der Waals surface area contributed by atoms with E-state index in [2.05, 4.69) is 21.0 Å². The van der Waals surface area contributed by atoms with E-state index < -0.39 is 0 Å². The SMILES string of the molecule is CCCCCCCCCCCCCCCCCC[N+](C)(C)CCCN.[Br-]. The molecule has 0 heterocycles. The van der Waals surface area contributed by atoms with Crippen LogP contribution in [0.5, 0.6) is 0 Å². The van der Waals surface area contributed by atoms with Crippen molar-refractivity contribution in [3.8, 4) is 0 Å². The molecule has 0 spiro atoms. The van der Waals surface area contributed by atoms with Crippen molar-refractivity contribution < 1.29 is 21.5 Å². The smallest absolute Gasteiger partial charge is 0.0794 e. The number of rotatable bonds is 20. The fourth-order valence-electron chi connectivity index (χ4n) is 3.72. The molecule has 0 atom stereocenters. The predicted octanol–water partition coefficient (Wildman–Crippen LogP) is 3.68. The topological polar surface area (TPSA) is 26.0 Å². The standard InChI is InChI=1S/C23H51N2.BrH/c1-4-5-6-7-8-9-10-11-12-13-14-15-16-17-18-19-22-25(2,3)23-20-21-24;/h4-24H2,1-3H3;1H/q+1;/p-1. The molecule has 0 bridgehead atoms.